The third-order valence-corrected chi connectivity index (χ3v) is 7.44. The lowest BCUT2D eigenvalue weighted by Gasteiger charge is -2.30. The van der Waals surface area contributed by atoms with Crippen LogP contribution in [0.15, 0.2) is 40.2 Å². The SMILES string of the molecule is CN=C(NCCCCN1CCC(C(N)=O)CC1)N1CCC(CSc2ccccc2)C1.I. The fourth-order valence-electron chi connectivity index (χ4n) is 4.33. The number of halogens is 1. The quantitative estimate of drug-likeness (QED) is 0.160. The summed E-state index contributed by atoms with van der Waals surface area (Å²) >= 11 is 1.96. The molecule has 0 radical (unpaired) electrons. The molecule has 174 valence electrons. The van der Waals surface area contributed by atoms with Gasteiger partial charge in [0.25, 0.3) is 0 Å². The minimum absolute atomic E-state index is 0. The fraction of sp³-hybridized carbons (Fsp3) is 0.652. The van der Waals surface area contributed by atoms with E-state index in [2.05, 4.69) is 50.4 Å². The molecule has 2 heterocycles. The number of aliphatic imine (C=N–C) groups is 1. The number of nitrogens with two attached hydrogens (primary N) is 1. The van der Waals surface area contributed by atoms with Gasteiger partial charge in [-0.15, -0.1) is 35.7 Å². The number of nitrogens with zero attached hydrogens (tertiary/aromatic N) is 3. The molecule has 0 bridgehead atoms. The minimum atomic E-state index is -0.131. The molecule has 0 saturated carbocycles. The normalized spacial score (nSPS) is 20.5. The number of hydrogen-bond donors (Lipinski definition) is 2. The van der Waals surface area contributed by atoms with E-state index in [0.717, 1.165) is 70.4 Å². The van der Waals surface area contributed by atoms with Crippen LogP contribution >= 0.6 is 35.7 Å². The van der Waals surface area contributed by atoms with E-state index in [4.69, 9.17) is 5.73 Å². The summed E-state index contributed by atoms with van der Waals surface area (Å²) in [6.45, 7) is 6.25. The Hall–Kier alpha value is -1.000. The van der Waals surface area contributed by atoms with Crippen molar-refractivity contribution in [1.29, 1.82) is 0 Å². The lowest BCUT2D eigenvalue weighted by atomic mass is 9.96. The van der Waals surface area contributed by atoms with Gasteiger partial charge in [0, 0.05) is 43.2 Å². The maximum Gasteiger partial charge on any atom is 0.220 e. The van der Waals surface area contributed by atoms with E-state index in [-0.39, 0.29) is 35.8 Å². The molecule has 0 spiro atoms. The van der Waals surface area contributed by atoms with Crippen molar-refractivity contribution < 1.29 is 4.79 Å². The van der Waals surface area contributed by atoms with Crippen molar-refractivity contribution in [3.05, 3.63) is 30.3 Å². The zero-order valence-corrected chi connectivity index (χ0v) is 21.8. The molecular formula is C23H38IN5OS. The van der Waals surface area contributed by atoms with Crippen LogP contribution in [-0.2, 0) is 4.79 Å². The number of benzene rings is 1. The Morgan fingerprint density at radius 3 is 2.58 bits per heavy atom. The first-order chi connectivity index (χ1) is 14.7. The molecule has 0 aromatic heterocycles. The molecule has 1 aromatic rings. The van der Waals surface area contributed by atoms with Crippen LogP contribution in [0.2, 0.25) is 0 Å². The van der Waals surface area contributed by atoms with E-state index in [0.29, 0.717) is 0 Å². The number of guanidine groups is 1. The second-order valence-corrected chi connectivity index (χ2v) is 9.52. The molecule has 0 aliphatic carbocycles. The van der Waals surface area contributed by atoms with Gasteiger partial charge in [-0.05, 0) is 69.8 Å². The summed E-state index contributed by atoms with van der Waals surface area (Å²) < 4.78 is 0. The number of unbranched alkanes of at least 4 members (excludes halogenated alkanes) is 1. The zero-order chi connectivity index (χ0) is 21.2. The van der Waals surface area contributed by atoms with E-state index in [9.17, 15) is 4.79 Å². The first-order valence-electron chi connectivity index (χ1n) is 11.3. The Bertz CT molecular complexity index is 682. The van der Waals surface area contributed by atoms with Gasteiger partial charge in [-0.25, -0.2) is 0 Å². The molecule has 1 atom stereocenters. The highest BCUT2D eigenvalue weighted by Gasteiger charge is 2.25. The van der Waals surface area contributed by atoms with Gasteiger partial charge in [0.15, 0.2) is 5.96 Å². The standard InChI is InChI=1S/C23H37N5OS.HI/c1-25-23(26-12-5-6-13-27-14-10-20(11-15-27)22(24)29)28-16-9-19(17-28)18-30-21-7-3-2-4-8-21;/h2-4,7-8,19-20H,5-6,9-18H2,1H3,(H2,24,29)(H,25,26);1H. The summed E-state index contributed by atoms with van der Waals surface area (Å²) in [5.41, 5.74) is 5.42. The lowest BCUT2D eigenvalue weighted by molar-refractivity contribution is -0.123. The number of hydrogen-bond acceptors (Lipinski definition) is 4. The predicted octanol–water partition coefficient (Wildman–Crippen LogP) is 3.27. The topological polar surface area (TPSA) is 74.0 Å². The molecule has 1 amide bonds. The van der Waals surface area contributed by atoms with Gasteiger partial charge in [0.1, 0.15) is 0 Å². The Labute approximate surface area is 208 Å². The number of nitrogens with one attached hydrogen (secondary N) is 1. The summed E-state index contributed by atoms with van der Waals surface area (Å²) in [6.07, 6.45) is 5.37. The number of rotatable bonds is 9. The number of primary amides is 1. The van der Waals surface area contributed by atoms with Crippen LogP contribution in [0.5, 0.6) is 0 Å². The van der Waals surface area contributed by atoms with E-state index in [1.165, 1.54) is 23.5 Å². The Morgan fingerprint density at radius 1 is 1.16 bits per heavy atom. The van der Waals surface area contributed by atoms with E-state index < -0.39 is 0 Å². The number of carbonyl (C=O) groups excluding carboxylic acids is 1. The van der Waals surface area contributed by atoms with Crippen LogP contribution in [0, 0.1) is 11.8 Å². The Kier molecular flexibility index (Phi) is 12.0. The van der Waals surface area contributed by atoms with Gasteiger partial charge >= 0.3 is 0 Å². The first-order valence-corrected chi connectivity index (χ1v) is 12.3. The van der Waals surface area contributed by atoms with Crippen molar-refractivity contribution in [2.24, 2.45) is 22.6 Å². The summed E-state index contributed by atoms with van der Waals surface area (Å²) in [7, 11) is 1.89. The molecule has 3 rings (SSSR count). The summed E-state index contributed by atoms with van der Waals surface area (Å²) in [6, 6.07) is 10.7. The summed E-state index contributed by atoms with van der Waals surface area (Å²) in [4.78, 5) is 22.0. The highest BCUT2D eigenvalue weighted by molar-refractivity contribution is 14.0. The van der Waals surface area contributed by atoms with Crippen molar-refractivity contribution >= 4 is 47.6 Å². The van der Waals surface area contributed by atoms with Crippen LogP contribution in [-0.4, -0.2) is 73.7 Å². The van der Waals surface area contributed by atoms with Crippen LogP contribution < -0.4 is 11.1 Å². The first kappa shape index (κ1) is 26.3. The van der Waals surface area contributed by atoms with Gasteiger partial charge < -0.3 is 20.9 Å². The summed E-state index contributed by atoms with van der Waals surface area (Å²) in [5.74, 6) is 2.89. The molecule has 2 saturated heterocycles. The van der Waals surface area contributed by atoms with Crippen LogP contribution in [0.4, 0.5) is 0 Å². The molecule has 2 fully saturated rings. The van der Waals surface area contributed by atoms with Crippen molar-refractivity contribution in [1.82, 2.24) is 15.1 Å². The smallest absolute Gasteiger partial charge is 0.220 e. The van der Waals surface area contributed by atoms with Crippen molar-refractivity contribution in [3.63, 3.8) is 0 Å². The maximum atomic E-state index is 11.3. The largest absolute Gasteiger partial charge is 0.369 e. The second kappa shape index (κ2) is 14.2. The monoisotopic (exact) mass is 559 g/mol. The van der Waals surface area contributed by atoms with E-state index >= 15 is 0 Å². The van der Waals surface area contributed by atoms with Gasteiger partial charge in [-0.1, -0.05) is 18.2 Å². The fourth-order valence-corrected chi connectivity index (χ4v) is 5.38. The van der Waals surface area contributed by atoms with E-state index in [1.807, 2.05) is 18.8 Å². The average molecular weight is 560 g/mol. The maximum absolute atomic E-state index is 11.3. The summed E-state index contributed by atoms with van der Waals surface area (Å²) in [5, 5.41) is 3.55. The van der Waals surface area contributed by atoms with Crippen LogP contribution in [0.1, 0.15) is 32.1 Å². The number of piperidine rings is 1. The van der Waals surface area contributed by atoms with Crippen LogP contribution in [0.3, 0.4) is 0 Å². The highest BCUT2D eigenvalue weighted by Crippen LogP contribution is 2.25. The molecule has 6 nitrogen and oxygen atoms in total. The van der Waals surface area contributed by atoms with Crippen LogP contribution in [0.25, 0.3) is 0 Å². The predicted molar refractivity (Wildman–Crippen MR) is 141 cm³/mol. The molecule has 2 aliphatic heterocycles. The van der Waals surface area contributed by atoms with Crippen molar-refractivity contribution in [2.45, 2.75) is 37.0 Å². The second-order valence-electron chi connectivity index (χ2n) is 8.42. The van der Waals surface area contributed by atoms with Gasteiger partial charge in [0.2, 0.25) is 5.91 Å². The third kappa shape index (κ3) is 8.81. The number of amides is 1. The minimum Gasteiger partial charge on any atom is -0.369 e. The molecular weight excluding hydrogens is 521 g/mol. The molecule has 8 heteroatoms. The molecule has 31 heavy (non-hydrogen) atoms. The van der Waals surface area contributed by atoms with Gasteiger partial charge in [-0.3, -0.25) is 9.79 Å². The highest BCUT2D eigenvalue weighted by atomic mass is 127. The molecule has 3 N–H and O–H groups in total. The molecule has 2 aliphatic rings. The Balaban J connectivity index is 0.00000341. The van der Waals surface area contributed by atoms with Crippen molar-refractivity contribution in [3.8, 4) is 0 Å². The lowest BCUT2D eigenvalue weighted by Crippen LogP contribution is -2.41. The number of carbonyl (C=O) groups is 1. The third-order valence-electron chi connectivity index (χ3n) is 6.20. The zero-order valence-electron chi connectivity index (χ0n) is 18.7. The van der Waals surface area contributed by atoms with E-state index in [1.54, 1.807) is 0 Å². The molecule has 1 unspecified atom stereocenters. The van der Waals surface area contributed by atoms with Gasteiger partial charge in [-0.2, -0.15) is 0 Å². The van der Waals surface area contributed by atoms with Gasteiger partial charge in [0.05, 0.1) is 0 Å². The van der Waals surface area contributed by atoms with Crippen molar-refractivity contribution in [2.75, 3.05) is 52.1 Å². The molecule has 1 aromatic carbocycles. The number of likely N-dealkylation sites (tertiary alicyclic amines) is 2. The average Bonchev–Trinajstić information content (AvgIpc) is 3.24. The number of thioether (sulfide) groups is 1. The Morgan fingerprint density at radius 2 is 1.90 bits per heavy atom.